The van der Waals surface area contributed by atoms with Crippen molar-refractivity contribution in [1.82, 2.24) is 0 Å². The van der Waals surface area contributed by atoms with Gasteiger partial charge >= 0.3 is 11.7 Å². The maximum atomic E-state index is 14.3. The molecule has 2 aromatic rings. The number of esters is 1. The van der Waals surface area contributed by atoms with Crippen molar-refractivity contribution in [2.24, 2.45) is 61.8 Å². The molecule has 1 N–H and O–H groups in total. The third-order valence-electron chi connectivity index (χ3n) is 16.2. The average Bonchev–Trinajstić information content (AvgIpc) is 3.52. The number of carbonyl (C=O) groups excluding carboxylic acids is 1. The summed E-state index contributed by atoms with van der Waals surface area (Å²) in [4.78, 5) is 36.2. The van der Waals surface area contributed by atoms with Crippen LogP contribution >= 0.6 is 0 Å². The van der Waals surface area contributed by atoms with E-state index < -0.39 is 15.3 Å². The summed E-state index contributed by atoms with van der Waals surface area (Å²) in [5.74, 6) is 1.86. The van der Waals surface area contributed by atoms with Crippen molar-refractivity contribution in [2.75, 3.05) is 5.43 Å². The van der Waals surface area contributed by atoms with Crippen molar-refractivity contribution >= 4 is 28.7 Å². The Morgan fingerprint density at radius 3 is 2.30 bits per heavy atom. The van der Waals surface area contributed by atoms with Crippen molar-refractivity contribution in [3.8, 4) is 0 Å². The van der Waals surface area contributed by atoms with Gasteiger partial charge in [-0.25, -0.2) is 0 Å². The van der Waals surface area contributed by atoms with Crippen LogP contribution in [0.2, 0.25) is 0 Å². The van der Waals surface area contributed by atoms with E-state index in [0.717, 1.165) is 81.5 Å². The van der Waals surface area contributed by atoms with E-state index >= 15 is 0 Å². The van der Waals surface area contributed by atoms with Crippen LogP contribution in [-0.2, 0) is 16.1 Å². The zero-order valence-electron chi connectivity index (χ0n) is 32.3. The van der Waals surface area contributed by atoms with Crippen molar-refractivity contribution < 1.29 is 19.4 Å². The highest BCUT2D eigenvalue weighted by Gasteiger charge is 2.72. The minimum absolute atomic E-state index is 0.00591. The number of hydrogen-bond donors (Lipinski definition) is 1. The van der Waals surface area contributed by atoms with Crippen LogP contribution in [0.15, 0.2) is 65.8 Å². The van der Waals surface area contributed by atoms with Crippen LogP contribution < -0.4 is 5.43 Å². The molecule has 5 saturated carbocycles. The molecule has 5 aliphatic carbocycles. The summed E-state index contributed by atoms with van der Waals surface area (Å²) in [6.07, 6.45) is 9.95. The van der Waals surface area contributed by atoms with Gasteiger partial charge in [-0.2, -0.15) is 5.10 Å². The topological polar surface area (TPSA) is 137 Å². The number of nitro benzene ring substituents is 2. The summed E-state index contributed by atoms with van der Waals surface area (Å²) in [5, 5.41) is 27.9. The molecule has 5 fully saturated rings. The van der Waals surface area contributed by atoms with Crippen LogP contribution in [0.4, 0.5) is 17.1 Å². The van der Waals surface area contributed by atoms with Crippen LogP contribution in [-0.4, -0.2) is 21.5 Å². The lowest BCUT2D eigenvalue weighted by Gasteiger charge is -2.72. The monoisotopic (exact) mass is 724 g/mol. The Balaban J connectivity index is 1.15. The zero-order chi connectivity index (χ0) is 38.1. The first-order chi connectivity index (χ1) is 25.0. The van der Waals surface area contributed by atoms with Gasteiger partial charge in [0, 0.05) is 17.2 Å². The number of ether oxygens (including phenoxy) is 1. The van der Waals surface area contributed by atoms with Gasteiger partial charge < -0.3 is 4.74 Å². The van der Waals surface area contributed by atoms with Gasteiger partial charge in [0.2, 0.25) is 0 Å². The molecule has 9 atom stereocenters. The summed E-state index contributed by atoms with van der Waals surface area (Å²) in [6.45, 7) is 19.2. The van der Waals surface area contributed by atoms with E-state index in [1.807, 2.05) is 30.3 Å². The van der Waals surface area contributed by atoms with Gasteiger partial charge in [0.05, 0.1) is 21.3 Å². The van der Waals surface area contributed by atoms with Crippen LogP contribution in [0, 0.1) is 76.9 Å². The van der Waals surface area contributed by atoms with Gasteiger partial charge in [-0.05, 0) is 129 Å². The normalized spacial score (nSPS) is 37.7. The lowest BCUT2D eigenvalue weighted by molar-refractivity contribution is -0.393. The van der Waals surface area contributed by atoms with Gasteiger partial charge in [-0.15, -0.1) is 0 Å². The van der Waals surface area contributed by atoms with Crippen molar-refractivity contribution in [3.05, 3.63) is 86.5 Å². The van der Waals surface area contributed by atoms with E-state index in [0.29, 0.717) is 30.3 Å². The standard InChI is InChI=1S/C43H56N4O6/c1-27(2)30-17-22-43(38(48)53-26-28-11-9-8-10-12-28)24-23-41(6)31(37(30)43)14-16-35-40(5)20-19-36(39(3,4)34(40)18-21-42(35,41)7)45-44-32-15-13-29(46(49)50)25-33(32)47(51)52/h8-13,15,25,30-31,34-35,37,44H,1,14,16-24,26H2,2-7H3/b45-36+/t30-,31+,34-,35+,37+,40-,41+,42+,43-/m0/s1. The Morgan fingerprint density at radius 1 is 0.887 bits per heavy atom. The Labute approximate surface area is 313 Å². The number of fused-ring (bicyclic) bond motifs is 7. The number of carbonyl (C=O) groups is 1. The molecular formula is C43H56N4O6. The molecule has 0 amide bonds. The van der Waals surface area contributed by atoms with Crippen molar-refractivity contribution in [2.45, 2.75) is 112 Å². The molecule has 10 heteroatoms. The Morgan fingerprint density at radius 2 is 1.62 bits per heavy atom. The number of nitrogens with zero attached hydrogens (tertiary/aromatic N) is 3. The van der Waals surface area contributed by atoms with Gasteiger partial charge in [0.15, 0.2) is 0 Å². The van der Waals surface area contributed by atoms with Crippen LogP contribution in [0.5, 0.6) is 0 Å². The lowest BCUT2D eigenvalue weighted by Crippen LogP contribution is -2.66. The highest BCUT2D eigenvalue weighted by atomic mass is 16.6. The Hall–Kier alpha value is -4.08. The van der Waals surface area contributed by atoms with Gasteiger partial charge in [0.1, 0.15) is 12.3 Å². The molecular weight excluding hydrogens is 668 g/mol. The second-order valence-corrected chi connectivity index (χ2v) is 18.5. The van der Waals surface area contributed by atoms with Crippen molar-refractivity contribution in [3.63, 3.8) is 0 Å². The largest absolute Gasteiger partial charge is 0.460 e. The van der Waals surface area contributed by atoms with Gasteiger partial charge in [-0.3, -0.25) is 30.4 Å². The first-order valence-corrected chi connectivity index (χ1v) is 19.6. The highest BCUT2D eigenvalue weighted by Crippen LogP contribution is 2.77. The molecule has 5 aliphatic rings. The summed E-state index contributed by atoms with van der Waals surface area (Å²) >= 11 is 0. The molecule has 2 aromatic carbocycles. The molecule has 0 saturated heterocycles. The number of nitro groups is 2. The molecule has 0 spiro atoms. The fourth-order valence-electron chi connectivity index (χ4n) is 13.4. The number of benzene rings is 2. The van der Waals surface area contributed by atoms with E-state index in [1.165, 1.54) is 17.7 Å². The molecule has 0 aliphatic heterocycles. The van der Waals surface area contributed by atoms with E-state index in [9.17, 15) is 25.0 Å². The maximum absolute atomic E-state index is 14.3. The van der Waals surface area contributed by atoms with Crippen LogP contribution in [0.3, 0.4) is 0 Å². The molecule has 10 nitrogen and oxygen atoms in total. The third kappa shape index (κ3) is 5.63. The average molecular weight is 725 g/mol. The van der Waals surface area contributed by atoms with Crippen LogP contribution in [0.1, 0.15) is 111 Å². The molecule has 0 unspecified atom stereocenters. The minimum atomic E-state index is -0.629. The smallest absolute Gasteiger partial charge is 0.312 e. The molecule has 53 heavy (non-hydrogen) atoms. The maximum Gasteiger partial charge on any atom is 0.312 e. The minimum Gasteiger partial charge on any atom is -0.460 e. The van der Waals surface area contributed by atoms with E-state index in [1.54, 1.807) is 0 Å². The van der Waals surface area contributed by atoms with Crippen molar-refractivity contribution in [1.29, 1.82) is 0 Å². The predicted molar refractivity (Wildman–Crippen MR) is 206 cm³/mol. The molecule has 0 aromatic heterocycles. The SMILES string of the molecule is C=C(C)[C@@H]1CC[C@]2(C(=O)OCc3ccccc3)CC[C@]3(C)[C@H](CC[C@@H]4[C@@]5(C)CC/C(=N\Nc6ccc([N+](=O)[O-])cc6[N+](=O)[O-])C(C)(C)[C@@H]5CC[C@]43C)[C@@H]12. The van der Waals surface area contributed by atoms with Gasteiger partial charge in [-0.1, -0.05) is 77.1 Å². The lowest BCUT2D eigenvalue weighted by atomic mass is 9.32. The molecule has 7 rings (SSSR count). The number of anilines is 1. The summed E-state index contributed by atoms with van der Waals surface area (Å²) in [6, 6.07) is 13.6. The fraction of sp³-hybridized carbons (Fsp3) is 0.628. The summed E-state index contributed by atoms with van der Waals surface area (Å²) in [7, 11) is 0. The first-order valence-electron chi connectivity index (χ1n) is 19.6. The first kappa shape index (κ1) is 37.2. The summed E-state index contributed by atoms with van der Waals surface area (Å²) in [5.41, 5.74) is 5.16. The third-order valence-corrected chi connectivity index (χ3v) is 16.2. The second kappa shape index (κ2) is 13.0. The highest BCUT2D eigenvalue weighted by molar-refractivity contribution is 5.91. The van der Waals surface area contributed by atoms with Crippen LogP contribution in [0.25, 0.3) is 0 Å². The second-order valence-electron chi connectivity index (χ2n) is 18.5. The number of hydrogen-bond acceptors (Lipinski definition) is 8. The summed E-state index contributed by atoms with van der Waals surface area (Å²) < 4.78 is 6.20. The fourth-order valence-corrected chi connectivity index (χ4v) is 13.4. The predicted octanol–water partition coefficient (Wildman–Crippen LogP) is 10.7. The van der Waals surface area contributed by atoms with E-state index in [2.05, 4.69) is 53.5 Å². The van der Waals surface area contributed by atoms with Gasteiger partial charge in [0.25, 0.3) is 5.69 Å². The number of non-ortho nitro benzene ring substituents is 1. The number of hydrazone groups is 1. The molecule has 0 radical (unpaired) electrons. The number of allylic oxidation sites excluding steroid dienone is 1. The number of nitrogens with one attached hydrogen (secondary N) is 1. The number of rotatable bonds is 8. The zero-order valence-corrected chi connectivity index (χ0v) is 32.3. The van der Waals surface area contributed by atoms with E-state index in [4.69, 9.17) is 9.84 Å². The molecule has 0 bridgehead atoms. The quantitative estimate of drug-likeness (QED) is 0.124. The molecule has 0 heterocycles. The Kier molecular flexibility index (Phi) is 9.17. The Bertz CT molecular complexity index is 1860. The molecule has 284 valence electrons. The van der Waals surface area contributed by atoms with E-state index in [-0.39, 0.29) is 50.6 Å².